The second-order valence-corrected chi connectivity index (χ2v) is 5.89. The molecule has 2 heterocycles. The third-order valence-electron chi connectivity index (χ3n) is 4.39. The maximum atomic E-state index is 13.2. The molecular weight excluding hydrogens is 286 g/mol. The van der Waals surface area contributed by atoms with Crippen LogP contribution in [0.4, 0.5) is 4.39 Å². The molecule has 0 radical (unpaired) electrons. The van der Waals surface area contributed by atoms with E-state index in [-0.39, 0.29) is 23.2 Å². The first-order valence-corrected chi connectivity index (χ1v) is 6.92. The molecule has 0 aliphatic carbocycles. The Hall–Kier alpha value is -0.350. The van der Waals surface area contributed by atoms with E-state index in [1.54, 1.807) is 6.07 Å². The zero-order valence-electron chi connectivity index (χ0n) is 10.9. The molecule has 2 nitrogen and oxygen atoms in total. The summed E-state index contributed by atoms with van der Waals surface area (Å²) in [5.74, 6) is 1.22. The molecule has 0 amide bonds. The number of nitrogens with one attached hydrogen (secondary N) is 1. The minimum Gasteiger partial charge on any atom is -0.316 e. The quantitative estimate of drug-likeness (QED) is 0.903. The minimum absolute atomic E-state index is 0. The van der Waals surface area contributed by atoms with Crippen LogP contribution in [0.3, 0.4) is 0 Å². The van der Waals surface area contributed by atoms with Gasteiger partial charge in [-0.3, -0.25) is 4.90 Å². The zero-order chi connectivity index (χ0) is 12.7. The lowest BCUT2D eigenvalue weighted by molar-refractivity contribution is 0.244. The van der Waals surface area contributed by atoms with Crippen LogP contribution < -0.4 is 5.32 Å². The van der Waals surface area contributed by atoms with Crippen molar-refractivity contribution in [2.75, 3.05) is 26.2 Å². The molecule has 0 aromatic heterocycles. The monoisotopic (exact) mass is 304 g/mol. The second-order valence-electron chi connectivity index (χ2n) is 5.48. The molecular formula is C14H19Cl2FN2. The Kier molecular flexibility index (Phi) is 4.72. The first-order chi connectivity index (χ1) is 8.65. The fourth-order valence-corrected chi connectivity index (χ4v) is 3.38. The van der Waals surface area contributed by atoms with Crippen molar-refractivity contribution in [3.05, 3.63) is 34.6 Å². The van der Waals surface area contributed by atoms with Crippen LogP contribution in [0, 0.1) is 17.7 Å². The van der Waals surface area contributed by atoms with Gasteiger partial charge in [0.1, 0.15) is 5.82 Å². The summed E-state index contributed by atoms with van der Waals surface area (Å²) < 4.78 is 13.2. The van der Waals surface area contributed by atoms with E-state index in [2.05, 4.69) is 17.1 Å². The number of fused-ring (bicyclic) bond motifs is 1. The molecule has 19 heavy (non-hydrogen) atoms. The smallest absolute Gasteiger partial charge is 0.141 e. The Labute approximate surface area is 124 Å². The van der Waals surface area contributed by atoms with E-state index in [1.807, 2.05) is 6.07 Å². The predicted molar refractivity (Wildman–Crippen MR) is 78.5 cm³/mol. The molecule has 0 spiro atoms. The summed E-state index contributed by atoms with van der Waals surface area (Å²) in [5.41, 5.74) is 1.11. The van der Waals surface area contributed by atoms with E-state index in [4.69, 9.17) is 11.6 Å². The van der Waals surface area contributed by atoms with Crippen LogP contribution >= 0.6 is 24.0 Å². The van der Waals surface area contributed by atoms with Crippen molar-refractivity contribution in [3.63, 3.8) is 0 Å². The van der Waals surface area contributed by atoms with E-state index in [9.17, 15) is 4.39 Å². The highest BCUT2D eigenvalue weighted by molar-refractivity contribution is 6.30. The lowest BCUT2D eigenvalue weighted by Gasteiger charge is -2.25. The van der Waals surface area contributed by atoms with E-state index in [0.717, 1.165) is 43.6 Å². The lowest BCUT2D eigenvalue weighted by atomic mass is 10.0. The van der Waals surface area contributed by atoms with Gasteiger partial charge in [0.2, 0.25) is 0 Å². The SMILES string of the molecule is CC(c1ccc(F)c(Cl)c1)N1C[C@H]2CNC[C@H]2C1.Cl. The van der Waals surface area contributed by atoms with Crippen molar-refractivity contribution in [1.29, 1.82) is 0 Å². The van der Waals surface area contributed by atoms with Crippen LogP contribution in [0.25, 0.3) is 0 Å². The highest BCUT2D eigenvalue weighted by Gasteiger charge is 2.37. The molecule has 1 N–H and O–H groups in total. The van der Waals surface area contributed by atoms with Gasteiger partial charge in [0.25, 0.3) is 0 Å². The summed E-state index contributed by atoms with van der Waals surface area (Å²) in [6.45, 7) is 6.72. The van der Waals surface area contributed by atoms with Gasteiger partial charge in [-0.15, -0.1) is 12.4 Å². The summed E-state index contributed by atoms with van der Waals surface area (Å²) in [5, 5.41) is 3.67. The molecule has 2 aliphatic rings. The molecule has 2 fully saturated rings. The fraction of sp³-hybridized carbons (Fsp3) is 0.571. The Bertz CT molecular complexity index is 443. The summed E-state index contributed by atoms with van der Waals surface area (Å²) >= 11 is 5.86. The number of benzene rings is 1. The molecule has 1 unspecified atom stereocenters. The topological polar surface area (TPSA) is 15.3 Å². The Morgan fingerprint density at radius 2 is 1.95 bits per heavy atom. The molecule has 2 aliphatic heterocycles. The van der Waals surface area contributed by atoms with Crippen LogP contribution in [0.2, 0.25) is 5.02 Å². The molecule has 1 aromatic rings. The lowest BCUT2D eigenvalue weighted by Crippen LogP contribution is -2.28. The van der Waals surface area contributed by atoms with Gasteiger partial charge in [-0.05, 0) is 49.5 Å². The van der Waals surface area contributed by atoms with E-state index >= 15 is 0 Å². The third kappa shape index (κ3) is 2.89. The average Bonchev–Trinajstić information content (AvgIpc) is 2.92. The van der Waals surface area contributed by atoms with Gasteiger partial charge in [0.15, 0.2) is 0 Å². The number of hydrogen-bond donors (Lipinski definition) is 1. The van der Waals surface area contributed by atoms with E-state index < -0.39 is 0 Å². The second kappa shape index (κ2) is 5.96. The normalized spacial score (nSPS) is 27.9. The van der Waals surface area contributed by atoms with Crippen LogP contribution in [-0.2, 0) is 0 Å². The van der Waals surface area contributed by atoms with Crippen molar-refractivity contribution < 1.29 is 4.39 Å². The van der Waals surface area contributed by atoms with Gasteiger partial charge in [-0.2, -0.15) is 0 Å². The van der Waals surface area contributed by atoms with Gasteiger partial charge >= 0.3 is 0 Å². The summed E-state index contributed by atoms with van der Waals surface area (Å²) in [6.07, 6.45) is 0. The van der Waals surface area contributed by atoms with E-state index in [0.29, 0.717) is 6.04 Å². The van der Waals surface area contributed by atoms with Gasteiger partial charge in [-0.25, -0.2) is 4.39 Å². The van der Waals surface area contributed by atoms with Gasteiger partial charge in [0, 0.05) is 19.1 Å². The number of hydrogen-bond acceptors (Lipinski definition) is 2. The van der Waals surface area contributed by atoms with Gasteiger partial charge in [0.05, 0.1) is 5.02 Å². The molecule has 0 bridgehead atoms. The maximum absolute atomic E-state index is 13.2. The highest BCUT2D eigenvalue weighted by Crippen LogP contribution is 2.33. The molecule has 5 heteroatoms. The van der Waals surface area contributed by atoms with Crippen molar-refractivity contribution in [2.45, 2.75) is 13.0 Å². The van der Waals surface area contributed by atoms with Crippen molar-refractivity contribution in [2.24, 2.45) is 11.8 Å². The largest absolute Gasteiger partial charge is 0.316 e. The standard InChI is InChI=1S/C14H18ClFN2.ClH/c1-9(10-2-3-14(16)13(15)4-10)18-7-11-5-17-6-12(11)8-18;/h2-4,9,11-12,17H,5-8H2,1H3;1H/t9?,11-,12+;. The molecule has 0 saturated carbocycles. The van der Waals surface area contributed by atoms with Crippen molar-refractivity contribution in [3.8, 4) is 0 Å². The van der Waals surface area contributed by atoms with Crippen molar-refractivity contribution in [1.82, 2.24) is 10.2 Å². The first kappa shape index (κ1) is 15.0. The first-order valence-electron chi connectivity index (χ1n) is 6.55. The Morgan fingerprint density at radius 1 is 1.32 bits per heavy atom. The van der Waals surface area contributed by atoms with Crippen LogP contribution in [0.1, 0.15) is 18.5 Å². The summed E-state index contributed by atoms with van der Waals surface area (Å²) in [7, 11) is 0. The maximum Gasteiger partial charge on any atom is 0.141 e. The predicted octanol–water partition coefficient (Wildman–Crippen LogP) is 3.11. The fourth-order valence-electron chi connectivity index (χ4n) is 3.19. The highest BCUT2D eigenvalue weighted by atomic mass is 35.5. The summed E-state index contributed by atoms with van der Waals surface area (Å²) in [4.78, 5) is 2.49. The summed E-state index contributed by atoms with van der Waals surface area (Å²) in [6, 6.07) is 5.38. The third-order valence-corrected chi connectivity index (χ3v) is 4.68. The molecule has 106 valence electrons. The van der Waals surface area contributed by atoms with Gasteiger partial charge in [-0.1, -0.05) is 17.7 Å². The number of rotatable bonds is 2. The Balaban J connectivity index is 0.00000133. The molecule has 3 rings (SSSR count). The number of halogens is 3. The van der Waals surface area contributed by atoms with Crippen LogP contribution in [-0.4, -0.2) is 31.1 Å². The van der Waals surface area contributed by atoms with Crippen LogP contribution in [0.15, 0.2) is 18.2 Å². The zero-order valence-corrected chi connectivity index (χ0v) is 12.5. The molecule has 2 saturated heterocycles. The minimum atomic E-state index is -0.338. The number of nitrogens with zero attached hydrogens (tertiary/aromatic N) is 1. The van der Waals surface area contributed by atoms with Crippen molar-refractivity contribution >= 4 is 24.0 Å². The van der Waals surface area contributed by atoms with Crippen LogP contribution in [0.5, 0.6) is 0 Å². The molecule has 1 aromatic carbocycles. The Morgan fingerprint density at radius 3 is 2.53 bits per heavy atom. The average molecular weight is 305 g/mol. The van der Waals surface area contributed by atoms with E-state index in [1.165, 1.54) is 6.07 Å². The molecule has 3 atom stereocenters. The number of likely N-dealkylation sites (tertiary alicyclic amines) is 1. The van der Waals surface area contributed by atoms with Gasteiger partial charge < -0.3 is 5.32 Å².